The summed E-state index contributed by atoms with van der Waals surface area (Å²) in [6.07, 6.45) is -0.393. The first-order valence-corrected chi connectivity index (χ1v) is 8.93. The van der Waals surface area contributed by atoms with Crippen LogP contribution in [0.5, 0.6) is 5.75 Å². The van der Waals surface area contributed by atoms with E-state index in [9.17, 15) is 4.79 Å². The van der Waals surface area contributed by atoms with Crippen molar-refractivity contribution in [2.45, 2.75) is 6.17 Å². The van der Waals surface area contributed by atoms with Crippen molar-refractivity contribution in [3.63, 3.8) is 0 Å². The second-order valence-electron chi connectivity index (χ2n) is 5.51. The fourth-order valence-electron chi connectivity index (χ4n) is 2.90. The SMILES string of the molecule is COc1ccccc1C1NC(=O)c2sc(=S)n(-c3ccccc3)c2N1. The predicted octanol–water partition coefficient (Wildman–Crippen LogP) is 4.13. The Kier molecular flexibility index (Phi) is 4.03. The predicted molar refractivity (Wildman–Crippen MR) is 101 cm³/mol. The van der Waals surface area contributed by atoms with E-state index in [-0.39, 0.29) is 5.91 Å². The topological polar surface area (TPSA) is 55.3 Å². The maximum absolute atomic E-state index is 12.6. The molecule has 2 N–H and O–H groups in total. The van der Waals surface area contributed by atoms with Crippen LogP contribution >= 0.6 is 23.6 Å². The minimum Gasteiger partial charge on any atom is -0.496 e. The van der Waals surface area contributed by atoms with E-state index in [0.717, 1.165) is 11.3 Å². The zero-order valence-corrected chi connectivity index (χ0v) is 15.0. The van der Waals surface area contributed by atoms with E-state index in [0.29, 0.717) is 20.4 Å². The highest BCUT2D eigenvalue weighted by molar-refractivity contribution is 7.73. The summed E-state index contributed by atoms with van der Waals surface area (Å²) in [5.41, 5.74) is 1.78. The largest absolute Gasteiger partial charge is 0.496 e. The summed E-state index contributed by atoms with van der Waals surface area (Å²) < 4.78 is 7.95. The molecule has 5 nitrogen and oxygen atoms in total. The van der Waals surface area contributed by atoms with Gasteiger partial charge in [0.2, 0.25) is 0 Å². The molecule has 0 radical (unpaired) electrons. The van der Waals surface area contributed by atoms with E-state index in [1.807, 2.05) is 59.2 Å². The summed E-state index contributed by atoms with van der Waals surface area (Å²) in [5, 5.41) is 6.38. The third-order valence-corrected chi connectivity index (χ3v) is 5.41. The Balaban J connectivity index is 1.83. The molecule has 1 aliphatic rings. The molecular weight excluding hydrogens is 354 g/mol. The maximum atomic E-state index is 12.6. The lowest BCUT2D eigenvalue weighted by atomic mass is 10.1. The van der Waals surface area contributed by atoms with Crippen LogP contribution in [0.3, 0.4) is 0 Å². The fraction of sp³-hybridized carbons (Fsp3) is 0.111. The first-order chi connectivity index (χ1) is 12.2. The summed E-state index contributed by atoms with van der Waals surface area (Å²) in [4.78, 5) is 13.2. The van der Waals surface area contributed by atoms with Crippen molar-refractivity contribution < 1.29 is 9.53 Å². The van der Waals surface area contributed by atoms with Crippen molar-refractivity contribution in [1.82, 2.24) is 9.88 Å². The van der Waals surface area contributed by atoms with Crippen molar-refractivity contribution in [1.29, 1.82) is 0 Å². The maximum Gasteiger partial charge on any atom is 0.267 e. The second kappa shape index (κ2) is 6.34. The lowest BCUT2D eigenvalue weighted by molar-refractivity contribution is 0.0939. The molecule has 0 saturated carbocycles. The van der Waals surface area contributed by atoms with Crippen LogP contribution in [-0.2, 0) is 0 Å². The van der Waals surface area contributed by atoms with Crippen LogP contribution in [0.15, 0.2) is 54.6 Å². The number of nitrogens with one attached hydrogen (secondary N) is 2. The van der Waals surface area contributed by atoms with E-state index >= 15 is 0 Å². The number of hydrogen-bond acceptors (Lipinski definition) is 5. The van der Waals surface area contributed by atoms with Gasteiger partial charge >= 0.3 is 0 Å². The number of aromatic nitrogens is 1. The van der Waals surface area contributed by atoms with Gasteiger partial charge in [0.15, 0.2) is 3.95 Å². The Morgan fingerprint density at radius 2 is 1.80 bits per heavy atom. The number of hydrogen-bond donors (Lipinski definition) is 2. The van der Waals surface area contributed by atoms with Gasteiger partial charge in [-0.3, -0.25) is 9.36 Å². The van der Waals surface area contributed by atoms with Crippen molar-refractivity contribution >= 4 is 35.3 Å². The van der Waals surface area contributed by atoms with Gasteiger partial charge in [-0.1, -0.05) is 47.7 Å². The van der Waals surface area contributed by atoms with Crippen LogP contribution in [0.25, 0.3) is 5.69 Å². The molecule has 3 aromatic rings. The Labute approximate surface area is 153 Å². The first kappa shape index (κ1) is 15.9. The number of amides is 1. The van der Waals surface area contributed by atoms with Crippen molar-refractivity contribution in [2.75, 3.05) is 12.4 Å². The number of methoxy groups -OCH3 is 1. The van der Waals surface area contributed by atoms with E-state index in [1.54, 1.807) is 7.11 Å². The van der Waals surface area contributed by atoms with Gasteiger partial charge in [0.25, 0.3) is 5.91 Å². The summed E-state index contributed by atoms with van der Waals surface area (Å²) in [6, 6.07) is 17.4. The van der Waals surface area contributed by atoms with Gasteiger partial charge in [0, 0.05) is 11.3 Å². The summed E-state index contributed by atoms with van der Waals surface area (Å²) in [6.45, 7) is 0. The zero-order valence-electron chi connectivity index (χ0n) is 13.4. The van der Waals surface area contributed by atoms with Crippen molar-refractivity contribution in [3.8, 4) is 11.4 Å². The Bertz CT molecular complexity index is 995. The molecule has 7 heteroatoms. The lowest BCUT2D eigenvalue weighted by Gasteiger charge is -2.28. The Morgan fingerprint density at radius 3 is 2.56 bits per heavy atom. The van der Waals surface area contributed by atoms with Crippen LogP contribution in [0.2, 0.25) is 0 Å². The molecule has 0 fully saturated rings. The molecule has 126 valence electrons. The van der Waals surface area contributed by atoms with E-state index in [2.05, 4.69) is 10.6 Å². The summed E-state index contributed by atoms with van der Waals surface area (Å²) in [7, 11) is 1.62. The highest BCUT2D eigenvalue weighted by Crippen LogP contribution is 2.36. The van der Waals surface area contributed by atoms with Gasteiger partial charge in [0.05, 0.1) is 7.11 Å². The molecule has 0 spiro atoms. The second-order valence-corrected chi connectivity index (χ2v) is 7.15. The van der Waals surface area contributed by atoms with E-state index in [4.69, 9.17) is 17.0 Å². The highest BCUT2D eigenvalue weighted by Gasteiger charge is 2.31. The van der Waals surface area contributed by atoms with Gasteiger partial charge in [0.1, 0.15) is 22.6 Å². The highest BCUT2D eigenvalue weighted by atomic mass is 32.1. The number of para-hydroxylation sites is 2. The number of fused-ring (bicyclic) bond motifs is 1. The number of thiazole rings is 1. The first-order valence-electron chi connectivity index (χ1n) is 7.70. The van der Waals surface area contributed by atoms with E-state index in [1.165, 1.54) is 11.3 Å². The molecule has 2 aromatic carbocycles. The quantitative estimate of drug-likeness (QED) is 0.682. The van der Waals surface area contributed by atoms with Crippen LogP contribution in [0.4, 0.5) is 5.82 Å². The summed E-state index contributed by atoms with van der Waals surface area (Å²) in [5.74, 6) is 1.28. The number of benzene rings is 2. The number of carbonyl (C=O) groups is 1. The third-order valence-electron chi connectivity index (χ3n) is 4.04. The molecule has 2 heterocycles. The zero-order chi connectivity index (χ0) is 17.4. The Hall–Kier alpha value is -2.64. The molecule has 0 aliphatic carbocycles. The molecule has 1 amide bonds. The fourth-order valence-corrected chi connectivity index (χ4v) is 4.21. The normalized spacial score (nSPS) is 15.9. The molecule has 0 bridgehead atoms. The van der Waals surface area contributed by atoms with E-state index < -0.39 is 6.17 Å². The van der Waals surface area contributed by atoms with Gasteiger partial charge in [-0.25, -0.2) is 0 Å². The number of anilines is 1. The number of carbonyl (C=O) groups excluding carboxylic acids is 1. The van der Waals surface area contributed by atoms with Crippen molar-refractivity contribution in [2.24, 2.45) is 0 Å². The van der Waals surface area contributed by atoms with Gasteiger partial charge < -0.3 is 15.4 Å². The van der Waals surface area contributed by atoms with Crippen molar-refractivity contribution in [3.05, 3.63) is 69.0 Å². The molecular formula is C18H15N3O2S2. The molecule has 1 aliphatic heterocycles. The number of nitrogens with zero attached hydrogens (tertiary/aromatic N) is 1. The molecule has 1 unspecified atom stereocenters. The minimum atomic E-state index is -0.393. The lowest BCUT2D eigenvalue weighted by Crippen LogP contribution is -2.38. The monoisotopic (exact) mass is 369 g/mol. The molecule has 0 saturated heterocycles. The van der Waals surface area contributed by atoms with Crippen LogP contribution in [0.1, 0.15) is 21.4 Å². The average molecular weight is 369 g/mol. The Morgan fingerprint density at radius 1 is 1.08 bits per heavy atom. The smallest absolute Gasteiger partial charge is 0.267 e. The van der Waals surface area contributed by atoms with Gasteiger partial charge in [-0.15, -0.1) is 0 Å². The van der Waals surface area contributed by atoms with Crippen LogP contribution in [0, 0.1) is 3.95 Å². The molecule has 1 atom stereocenters. The van der Waals surface area contributed by atoms with Crippen LogP contribution < -0.4 is 15.4 Å². The number of rotatable bonds is 3. The van der Waals surface area contributed by atoms with Gasteiger partial charge in [-0.05, 0) is 30.4 Å². The molecule has 25 heavy (non-hydrogen) atoms. The average Bonchev–Trinajstić information content (AvgIpc) is 2.99. The molecule has 4 rings (SSSR count). The van der Waals surface area contributed by atoms with Gasteiger partial charge in [-0.2, -0.15) is 0 Å². The summed E-state index contributed by atoms with van der Waals surface area (Å²) >= 11 is 6.80. The standard InChI is InChI=1S/C18H15N3O2S2/c1-23-13-10-6-5-9-12(13)15-19-16-14(17(22)20-15)25-18(24)21(16)11-7-3-2-4-8-11/h2-10,15,19H,1H3,(H,20,22). The number of ether oxygens (including phenoxy) is 1. The van der Waals surface area contributed by atoms with Crippen LogP contribution in [-0.4, -0.2) is 17.6 Å². The third kappa shape index (κ3) is 2.71. The molecule has 1 aromatic heterocycles. The minimum absolute atomic E-state index is 0.143.